The molecule has 0 bridgehead atoms. The van der Waals surface area contributed by atoms with Crippen LogP contribution in [0.2, 0.25) is 0 Å². The molecule has 9 aromatic rings. The molecule has 0 spiro atoms. The zero-order chi connectivity index (χ0) is 47.1. The van der Waals surface area contributed by atoms with Crippen LogP contribution in [-0.2, 0) is 18.3 Å². The van der Waals surface area contributed by atoms with Crippen molar-refractivity contribution >= 4 is 106 Å². The number of allylic oxidation sites excluding steroid dienone is 4. The summed E-state index contributed by atoms with van der Waals surface area (Å²) in [4.78, 5) is 8.10. The lowest BCUT2D eigenvalue weighted by molar-refractivity contribution is 0.473. The van der Waals surface area contributed by atoms with Gasteiger partial charge >= 0.3 is 0 Å². The van der Waals surface area contributed by atoms with Crippen molar-refractivity contribution in [3.63, 3.8) is 0 Å². The molecule has 0 fully saturated rings. The number of aryl methyl sites for hydroxylation is 1. The summed E-state index contributed by atoms with van der Waals surface area (Å²) in [5.41, 5.74) is 14.3. The average molecular weight is 941 g/mol. The molecule has 4 unspecified atom stereocenters. The minimum Gasteiger partial charge on any atom is -0.331 e. The minimum absolute atomic E-state index is 0.0242. The second-order valence-corrected chi connectivity index (χ2v) is 24.4. The number of hydrogen-bond donors (Lipinski definition) is 0. The van der Waals surface area contributed by atoms with Gasteiger partial charge in [0.2, 0.25) is 0 Å². The molecule has 0 radical (unpaired) electrons. The molecule has 0 N–H and O–H groups in total. The first kappa shape index (κ1) is 42.3. The molecular formula is C66H56N2S2. The van der Waals surface area contributed by atoms with Crippen LogP contribution in [0.25, 0.3) is 54.6 Å². The second-order valence-electron chi connectivity index (χ2n) is 21.8. The highest BCUT2D eigenvalue weighted by Gasteiger charge is 2.42. The van der Waals surface area contributed by atoms with E-state index in [0.29, 0.717) is 11.8 Å². The fourth-order valence-electron chi connectivity index (χ4n) is 13.0. The van der Waals surface area contributed by atoms with Crippen molar-refractivity contribution in [1.82, 2.24) is 0 Å². The van der Waals surface area contributed by atoms with E-state index in [1.165, 1.54) is 114 Å². The molecule has 4 heteroatoms. The van der Waals surface area contributed by atoms with Gasteiger partial charge in [-0.05, 0) is 171 Å². The molecule has 2 heterocycles. The number of nitrogens with zero attached hydrogens (tertiary/aromatic N) is 2. The SMILES string of the molecule is CC1CC=Cc2cc(N(c3ccc4cc(N(c5ccc6c(c5)SC5(C)C=CC=CC65)c5ccc6ccccc6c5)cc5c4c3CCC5(C)C)C3(C)C=Cc4c(sc5ccc6ccccc6c45)C3)ccc21. The van der Waals surface area contributed by atoms with Crippen molar-refractivity contribution in [3.8, 4) is 0 Å². The lowest BCUT2D eigenvalue weighted by atomic mass is 9.71. The summed E-state index contributed by atoms with van der Waals surface area (Å²) < 4.78 is 1.40. The van der Waals surface area contributed by atoms with Crippen LogP contribution in [0.15, 0.2) is 181 Å². The third kappa shape index (κ3) is 6.45. The number of benzene rings is 8. The molecule has 2 nitrogen and oxygen atoms in total. The van der Waals surface area contributed by atoms with Crippen LogP contribution in [0.5, 0.6) is 0 Å². The third-order valence-corrected chi connectivity index (χ3v) is 19.3. The van der Waals surface area contributed by atoms with Crippen LogP contribution in [0, 0.1) is 0 Å². The predicted octanol–water partition coefficient (Wildman–Crippen LogP) is 18.8. The highest BCUT2D eigenvalue weighted by atomic mass is 32.2. The summed E-state index contributed by atoms with van der Waals surface area (Å²) in [6.45, 7) is 12.2. The molecule has 70 heavy (non-hydrogen) atoms. The minimum atomic E-state index is -0.322. The maximum atomic E-state index is 2.74. The van der Waals surface area contributed by atoms with E-state index in [2.05, 4.69) is 233 Å². The van der Waals surface area contributed by atoms with E-state index in [1.54, 1.807) is 0 Å². The van der Waals surface area contributed by atoms with Crippen LogP contribution in [-0.4, -0.2) is 10.3 Å². The Kier molecular flexibility index (Phi) is 9.34. The largest absolute Gasteiger partial charge is 0.331 e. The molecule has 4 atom stereocenters. The molecule has 4 aliphatic carbocycles. The Balaban J connectivity index is 0.954. The summed E-state index contributed by atoms with van der Waals surface area (Å²) in [5, 5.41) is 9.29. The van der Waals surface area contributed by atoms with Gasteiger partial charge in [0.05, 0.1) is 5.54 Å². The number of rotatable bonds is 6. The maximum absolute atomic E-state index is 2.74. The second kappa shape index (κ2) is 15.5. The Hall–Kier alpha value is -6.59. The highest BCUT2D eigenvalue weighted by molar-refractivity contribution is 8.01. The predicted molar refractivity (Wildman–Crippen MR) is 304 cm³/mol. The first-order valence-corrected chi connectivity index (χ1v) is 27.0. The zero-order valence-corrected chi connectivity index (χ0v) is 42.2. The first-order chi connectivity index (χ1) is 34.0. The Morgan fingerprint density at radius 3 is 2.29 bits per heavy atom. The topological polar surface area (TPSA) is 6.48 Å². The summed E-state index contributed by atoms with van der Waals surface area (Å²) in [6, 6.07) is 53.8. The molecule has 0 amide bonds. The van der Waals surface area contributed by atoms with Crippen molar-refractivity contribution in [3.05, 3.63) is 214 Å². The highest BCUT2D eigenvalue weighted by Crippen LogP contribution is 2.58. The summed E-state index contributed by atoms with van der Waals surface area (Å²) in [7, 11) is 0. The molecule has 342 valence electrons. The van der Waals surface area contributed by atoms with E-state index in [-0.39, 0.29) is 15.7 Å². The van der Waals surface area contributed by atoms with E-state index < -0.39 is 0 Å². The smallest absolute Gasteiger partial charge is 0.0657 e. The Morgan fingerprint density at radius 1 is 0.629 bits per heavy atom. The van der Waals surface area contributed by atoms with Gasteiger partial charge in [-0.3, -0.25) is 0 Å². The molecule has 1 aliphatic heterocycles. The number of hydrogen-bond acceptors (Lipinski definition) is 4. The summed E-state index contributed by atoms with van der Waals surface area (Å²) >= 11 is 3.99. The lowest BCUT2D eigenvalue weighted by Crippen LogP contribution is -2.45. The van der Waals surface area contributed by atoms with Gasteiger partial charge in [-0.1, -0.05) is 148 Å². The van der Waals surface area contributed by atoms with Crippen molar-refractivity contribution in [2.24, 2.45) is 0 Å². The fraction of sp³-hybridized carbons (Fsp3) is 0.212. The average Bonchev–Trinajstić information content (AvgIpc) is 3.89. The lowest BCUT2D eigenvalue weighted by Gasteiger charge is -2.45. The Bertz CT molecular complexity index is 3820. The van der Waals surface area contributed by atoms with Gasteiger partial charge in [0.25, 0.3) is 0 Å². The van der Waals surface area contributed by atoms with E-state index in [1.807, 2.05) is 23.1 Å². The van der Waals surface area contributed by atoms with Crippen molar-refractivity contribution in [1.29, 1.82) is 0 Å². The number of fused-ring (bicyclic) bond motifs is 10. The number of anilines is 5. The van der Waals surface area contributed by atoms with Gasteiger partial charge in [0.1, 0.15) is 0 Å². The fourth-order valence-corrected chi connectivity index (χ4v) is 15.8. The molecule has 8 aromatic carbocycles. The van der Waals surface area contributed by atoms with Crippen molar-refractivity contribution < 1.29 is 0 Å². The Labute approximate surface area is 420 Å². The normalized spacial score (nSPS) is 22.4. The van der Waals surface area contributed by atoms with Gasteiger partial charge in [0.15, 0.2) is 0 Å². The van der Waals surface area contributed by atoms with Gasteiger partial charge in [-0.25, -0.2) is 0 Å². The molecule has 0 saturated carbocycles. The van der Waals surface area contributed by atoms with Crippen LogP contribution in [0.3, 0.4) is 0 Å². The molecule has 14 rings (SSSR count). The van der Waals surface area contributed by atoms with Crippen LogP contribution in [0.4, 0.5) is 28.4 Å². The van der Waals surface area contributed by atoms with E-state index >= 15 is 0 Å². The van der Waals surface area contributed by atoms with Gasteiger partial charge in [0, 0.05) is 65.4 Å². The van der Waals surface area contributed by atoms with Crippen molar-refractivity contribution in [2.75, 3.05) is 9.80 Å². The zero-order valence-electron chi connectivity index (χ0n) is 40.6. The Morgan fingerprint density at radius 2 is 1.39 bits per heavy atom. The van der Waals surface area contributed by atoms with E-state index in [4.69, 9.17) is 0 Å². The van der Waals surface area contributed by atoms with Crippen LogP contribution >= 0.6 is 23.1 Å². The van der Waals surface area contributed by atoms with Gasteiger partial charge in [-0.15, -0.1) is 23.1 Å². The van der Waals surface area contributed by atoms with Gasteiger partial charge < -0.3 is 9.80 Å². The summed E-state index contributed by atoms with van der Waals surface area (Å²) in [6.07, 6.45) is 23.1. The van der Waals surface area contributed by atoms with Crippen LogP contribution < -0.4 is 9.80 Å². The third-order valence-electron chi connectivity index (χ3n) is 16.8. The molecule has 5 aliphatic rings. The molecule has 1 aromatic heterocycles. The standard InChI is InChI=1S/C66H56N2S2/c1-41-13-12-17-45-36-49(25-26-51(41)45)68(65(4)34-31-55-61(40-65)69-59-29-22-43-15-8-9-18-52(43)63(55)59)58-28-21-46-37-50(38-57-62(46)54(58)30-33-64(57,2)3)67(47-23-20-42-14-6-7-16-44(42)35-47)48-24-27-53-56-19-10-11-32-66(56,5)70-60(53)39-48/h6-12,14-29,31-32,34-39,41,56H,13,30,33,40H2,1-5H3. The first-order valence-electron chi connectivity index (χ1n) is 25.3. The van der Waals surface area contributed by atoms with Crippen LogP contribution in [0.1, 0.15) is 97.6 Å². The number of thiophene rings is 1. The quantitative estimate of drug-likeness (QED) is 0.164. The molecular weight excluding hydrogens is 885 g/mol. The molecule has 0 saturated heterocycles. The van der Waals surface area contributed by atoms with E-state index in [0.717, 1.165) is 25.7 Å². The van der Waals surface area contributed by atoms with Gasteiger partial charge in [-0.2, -0.15) is 0 Å². The monoisotopic (exact) mass is 940 g/mol. The van der Waals surface area contributed by atoms with Crippen molar-refractivity contribution in [2.45, 2.75) is 92.7 Å². The van der Waals surface area contributed by atoms with E-state index in [9.17, 15) is 0 Å². The summed E-state index contributed by atoms with van der Waals surface area (Å²) in [5.74, 6) is 0.884. The maximum Gasteiger partial charge on any atom is 0.0657 e. The number of thioether (sulfide) groups is 1.